The molecule has 0 spiro atoms. The number of likely N-dealkylation sites (tertiary alicyclic amines) is 1. The summed E-state index contributed by atoms with van der Waals surface area (Å²) in [5, 5.41) is 24.5. The highest BCUT2D eigenvalue weighted by molar-refractivity contribution is 5.88. The molecule has 3 N–H and O–H groups in total. The fourth-order valence-corrected chi connectivity index (χ4v) is 3.86. The normalized spacial score (nSPS) is 17.2. The third-order valence-electron chi connectivity index (χ3n) is 5.59. The Balaban J connectivity index is 2.09. The minimum Gasteiger partial charge on any atom is -0.444 e. The predicted molar refractivity (Wildman–Crippen MR) is 128 cm³/mol. The van der Waals surface area contributed by atoms with Gasteiger partial charge in [-0.25, -0.2) is 4.79 Å². The zero-order chi connectivity index (χ0) is 28.9. The van der Waals surface area contributed by atoms with E-state index in [0.29, 0.717) is 12.8 Å². The maximum absolute atomic E-state index is 13.2. The van der Waals surface area contributed by atoms with Gasteiger partial charge in [-0.1, -0.05) is 6.07 Å². The van der Waals surface area contributed by atoms with Gasteiger partial charge in [0.2, 0.25) is 11.8 Å². The second-order valence-corrected chi connectivity index (χ2v) is 10.6. The summed E-state index contributed by atoms with van der Waals surface area (Å²) in [6.07, 6.45) is -5.00. The molecule has 1 aliphatic heterocycles. The zero-order valence-electron chi connectivity index (χ0n) is 21.9. The monoisotopic (exact) mass is 542 g/mol. The summed E-state index contributed by atoms with van der Waals surface area (Å²) in [5.41, 5.74) is -2.50. The van der Waals surface area contributed by atoms with Crippen LogP contribution in [0.25, 0.3) is 0 Å². The molecule has 1 saturated heterocycles. The Labute approximate surface area is 219 Å². The van der Waals surface area contributed by atoms with E-state index in [1.165, 1.54) is 30.9 Å². The number of amides is 3. The SMILES string of the molecule is CC(C)(C)OC(=O)N[C@@H](C(=O)N1CCC[C@@H](C(=O)NCc2ccc(C#N)cc2OC(F)(F)F)C1)C(C)(C)O. The van der Waals surface area contributed by atoms with Crippen molar-refractivity contribution in [2.75, 3.05) is 13.1 Å². The second kappa shape index (κ2) is 11.9. The van der Waals surface area contributed by atoms with Gasteiger partial charge in [0.25, 0.3) is 0 Å². The van der Waals surface area contributed by atoms with Gasteiger partial charge < -0.3 is 30.1 Å². The number of carbonyl (C=O) groups excluding carboxylic acids is 3. The summed E-state index contributed by atoms with van der Waals surface area (Å²) in [6, 6.07) is 3.88. The van der Waals surface area contributed by atoms with Crippen molar-refractivity contribution in [1.29, 1.82) is 5.26 Å². The number of benzene rings is 1. The predicted octanol–water partition coefficient (Wildman–Crippen LogP) is 2.98. The Morgan fingerprint density at radius 3 is 2.42 bits per heavy atom. The Morgan fingerprint density at radius 1 is 1.21 bits per heavy atom. The van der Waals surface area contributed by atoms with Crippen molar-refractivity contribution >= 4 is 17.9 Å². The van der Waals surface area contributed by atoms with Crippen LogP contribution in [0.1, 0.15) is 58.6 Å². The molecule has 0 radical (unpaired) electrons. The van der Waals surface area contributed by atoms with E-state index >= 15 is 0 Å². The molecule has 0 aromatic heterocycles. The largest absolute Gasteiger partial charge is 0.573 e. The highest BCUT2D eigenvalue weighted by atomic mass is 19.4. The number of ether oxygens (including phenoxy) is 2. The fourth-order valence-electron chi connectivity index (χ4n) is 3.86. The van der Waals surface area contributed by atoms with Gasteiger partial charge in [0.15, 0.2) is 0 Å². The number of hydrogen-bond donors (Lipinski definition) is 3. The van der Waals surface area contributed by atoms with Gasteiger partial charge in [-0.15, -0.1) is 13.2 Å². The first-order valence-electron chi connectivity index (χ1n) is 12.0. The molecule has 3 amide bonds. The summed E-state index contributed by atoms with van der Waals surface area (Å²) < 4.78 is 47.6. The van der Waals surface area contributed by atoms with Crippen molar-refractivity contribution in [2.24, 2.45) is 5.92 Å². The van der Waals surface area contributed by atoms with Crippen LogP contribution in [0.5, 0.6) is 5.75 Å². The number of nitriles is 1. The third kappa shape index (κ3) is 9.41. The van der Waals surface area contributed by atoms with E-state index in [4.69, 9.17) is 10.00 Å². The van der Waals surface area contributed by atoms with Crippen LogP contribution < -0.4 is 15.4 Å². The number of nitrogens with zero attached hydrogens (tertiary/aromatic N) is 2. The van der Waals surface area contributed by atoms with Gasteiger partial charge in [0, 0.05) is 25.2 Å². The summed E-state index contributed by atoms with van der Waals surface area (Å²) in [4.78, 5) is 39.7. The van der Waals surface area contributed by atoms with Gasteiger partial charge in [-0.2, -0.15) is 5.26 Å². The molecule has 2 rings (SSSR count). The maximum Gasteiger partial charge on any atom is 0.573 e. The topological polar surface area (TPSA) is 141 Å². The maximum atomic E-state index is 13.2. The summed E-state index contributed by atoms with van der Waals surface area (Å²) in [7, 11) is 0. The lowest BCUT2D eigenvalue weighted by atomic mass is 9.93. The molecule has 0 saturated carbocycles. The second-order valence-electron chi connectivity index (χ2n) is 10.6. The average molecular weight is 543 g/mol. The summed E-state index contributed by atoms with van der Waals surface area (Å²) >= 11 is 0. The van der Waals surface area contributed by atoms with Gasteiger partial charge in [-0.3, -0.25) is 9.59 Å². The Bertz CT molecular complexity index is 1070. The van der Waals surface area contributed by atoms with E-state index in [1.54, 1.807) is 26.8 Å². The molecule has 1 heterocycles. The van der Waals surface area contributed by atoms with E-state index in [9.17, 15) is 32.7 Å². The summed E-state index contributed by atoms with van der Waals surface area (Å²) in [6.45, 7) is 7.63. The van der Waals surface area contributed by atoms with E-state index < -0.39 is 53.2 Å². The Kier molecular flexibility index (Phi) is 9.61. The lowest BCUT2D eigenvalue weighted by Gasteiger charge is -2.38. The molecular formula is C25H33F3N4O6. The molecule has 38 heavy (non-hydrogen) atoms. The van der Waals surface area contributed by atoms with E-state index in [-0.39, 0.29) is 30.8 Å². The van der Waals surface area contributed by atoms with E-state index in [1.807, 2.05) is 0 Å². The van der Waals surface area contributed by atoms with Crippen molar-refractivity contribution in [1.82, 2.24) is 15.5 Å². The standard InChI is InChI=1S/C25H33F3N4O6/c1-23(2,3)38-22(35)31-19(24(4,5)36)21(34)32-10-6-7-17(14-32)20(33)30-13-16-9-8-15(12-29)11-18(16)37-25(26,27)28/h8-9,11,17,19,36H,6-7,10,13-14H2,1-5H3,(H,30,33)(H,31,35)/t17-,19+/m1/s1. The zero-order valence-corrected chi connectivity index (χ0v) is 21.9. The number of rotatable bonds is 7. The molecule has 13 heteroatoms. The van der Waals surface area contributed by atoms with Crippen molar-refractivity contribution < 1.29 is 42.1 Å². The number of hydrogen-bond acceptors (Lipinski definition) is 7. The number of aliphatic hydroxyl groups is 1. The number of alkyl halides is 3. The van der Waals surface area contributed by atoms with Gasteiger partial charge in [0.1, 0.15) is 17.4 Å². The smallest absolute Gasteiger partial charge is 0.444 e. The van der Waals surface area contributed by atoms with E-state index in [0.717, 1.165) is 6.07 Å². The first-order chi connectivity index (χ1) is 17.4. The van der Waals surface area contributed by atoms with Crippen LogP contribution in [-0.4, -0.2) is 64.6 Å². The highest BCUT2D eigenvalue weighted by Crippen LogP contribution is 2.28. The quantitative estimate of drug-likeness (QED) is 0.481. The number of nitrogens with one attached hydrogen (secondary N) is 2. The summed E-state index contributed by atoms with van der Waals surface area (Å²) in [5.74, 6) is -2.38. The van der Waals surface area contributed by atoms with Crippen LogP contribution >= 0.6 is 0 Å². The average Bonchev–Trinajstić information content (AvgIpc) is 2.78. The molecule has 1 aromatic rings. The van der Waals surface area contributed by atoms with Gasteiger partial charge in [-0.05, 0) is 59.6 Å². The number of piperidine rings is 1. The molecule has 0 aliphatic carbocycles. The Morgan fingerprint density at radius 2 is 1.87 bits per heavy atom. The molecular weight excluding hydrogens is 509 g/mol. The Hall–Kier alpha value is -3.53. The molecule has 210 valence electrons. The number of carbonyl (C=O) groups is 3. The number of halogens is 3. The van der Waals surface area contributed by atoms with Gasteiger partial charge in [0.05, 0.1) is 23.2 Å². The lowest BCUT2D eigenvalue weighted by Crippen LogP contribution is -2.60. The third-order valence-corrected chi connectivity index (χ3v) is 5.59. The molecule has 10 nitrogen and oxygen atoms in total. The van der Waals surface area contributed by atoms with Crippen LogP contribution in [0.3, 0.4) is 0 Å². The molecule has 1 aromatic carbocycles. The first kappa shape index (κ1) is 30.7. The molecule has 2 atom stereocenters. The van der Waals surface area contributed by atoms with E-state index in [2.05, 4.69) is 15.4 Å². The lowest BCUT2D eigenvalue weighted by molar-refractivity contribution is -0.274. The van der Waals surface area contributed by atoms with Crippen molar-refractivity contribution in [3.05, 3.63) is 29.3 Å². The minimum absolute atomic E-state index is 0.0158. The fraction of sp³-hybridized carbons (Fsp3) is 0.600. The van der Waals surface area contributed by atoms with Gasteiger partial charge >= 0.3 is 12.5 Å². The van der Waals surface area contributed by atoms with Crippen molar-refractivity contribution in [2.45, 2.75) is 77.6 Å². The molecule has 0 bridgehead atoms. The minimum atomic E-state index is -4.98. The van der Waals surface area contributed by atoms with Crippen LogP contribution in [0, 0.1) is 17.2 Å². The first-order valence-corrected chi connectivity index (χ1v) is 12.0. The highest BCUT2D eigenvalue weighted by Gasteiger charge is 2.40. The van der Waals surface area contributed by atoms with Crippen LogP contribution in [0.15, 0.2) is 18.2 Å². The van der Waals surface area contributed by atoms with Crippen LogP contribution in [0.4, 0.5) is 18.0 Å². The van der Waals surface area contributed by atoms with Crippen LogP contribution in [0.2, 0.25) is 0 Å². The van der Waals surface area contributed by atoms with Crippen molar-refractivity contribution in [3.8, 4) is 11.8 Å². The molecule has 0 unspecified atom stereocenters. The number of alkyl carbamates (subject to hydrolysis) is 1. The molecule has 1 fully saturated rings. The van der Waals surface area contributed by atoms with Crippen LogP contribution in [-0.2, 0) is 20.9 Å². The van der Waals surface area contributed by atoms with Crippen molar-refractivity contribution in [3.63, 3.8) is 0 Å². The molecule has 1 aliphatic rings.